The monoisotopic (exact) mass is 339 g/mol. The van der Waals surface area contributed by atoms with Crippen molar-refractivity contribution < 1.29 is 9.47 Å². The van der Waals surface area contributed by atoms with Crippen molar-refractivity contribution >= 4 is 11.0 Å². The second kappa shape index (κ2) is 7.57. The summed E-state index contributed by atoms with van der Waals surface area (Å²) in [5.41, 5.74) is 9.37. The van der Waals surface area contributed by atoms with Crippen LogP contribution in [-0.2, 0) is 13.5 Å². The standard InChI is InChI=1S/C20H25N3O2/c1-4-25-18-10-9-14(12-19(18)24-3)11-15(13-21)20-22-16-7-5-6-8-17(16)23(20)2/h5-10,12,15H,4,11,13,21H2,1-3H3. The van der Waals surface area contributed by atoms with E-state index in [-0.39, 0.29) is 5.92 Å². The van der Waals surface area contributed by atoms with Gasteiger partial charge in [-0.15, -0.1) is 0 Å². The summed E-state index contributed by atoms with van der Waals surface area (Å²) >= 11 is 0. The van der Waals surface area contributed by atoms with Gasteiger partial charge in [-0.1, -0.05) is 18.2 Å². The van der Waals surface area contributed by atoms with Gasteiger partial charge < -0.3 is 19.8 Å². The van der Waals surface area contributed by atoms with Gasteiger partial charge >= 0.3 is 0 Å². The maximum Gasteiger partial charge on any atom is 0.161 e. The molecule has 0 saturated heterocycles. The fraction of sp³-hybridized carbons (Fsp3) is 0.350. The number of para-hydroxylation sites is 2. The van der Waals surface area contributed by atoms with Gasteiger partial charge in [0.2, 0.25) is 0 Å². The third-order valence-electron chi connectivity index (χ3n) is 4.48. The summed E-state index contributed by atoms with van der Waals surface area (Å²) in [6, 6.07) is 14.2. The van der Waals surface area contributed by atoms with Gasteiger partial charge in [0.1, 0.15) is 5.82 Å². The van der Waals surface area contributed by atoms with Gasteiger partial charge in [-0.05, 0) is 43.2 Å². The topological polar surface area (TPSA) is 62.3 Å². The van der Waals surface area contributed by atoms with Crippen molar-refractivity contribution in [2.45, 2.75) is 19.3 Å². The van der Waals surface area contributed by atoms with Crippen LogP contribution in [-0.4, -0.2) is 29.8 Å². The molecule has 1 aromatic heterocycles. The lowest BCUT2D eigenvalue weighted by molar-refractivity contribution is 0.310. The van der Waals surface area contributed by atoms with Crippen LogP contribution in [0, 0.1) is 0 Å². The SMILES string of the molecule is CCOc1ccc(CC(CN)c2nc3ccccc3n2C)cc1OC. The number of hydrogen-bond donors (Lipinski definition) is 1. The molecule has 3 aromatic rings. The molecule has 0 aliphatic rings. The number of rotatable bonds is 7. The first-order valence-electron chi connectivity index (χ1n) is 8.59. The Morgan fingerprint density at radius 1 is 1.16 bits per heavy atom. The Bertz CT molecular complexity index is 857. The fourth-order valence-electron chi connectivity index (χ4n) is 3.21. The molecule has 5 nitrogen and oxygen atoms in total. The van der Waals surface area contributed by atoms with Crippen molar-refractivity contribution in [3.63, 3.8) is 0 Å². The number of methoxy groups -OCH3 is 1. The van der Waals surface area contributed by atoms with E-state index in [0.29, 0.717) is 13.2 Å². The average molecular weight is 339 g/mol. The van der Waals surface area contributed by atoms with E-state index in [1.54, 1.807) is 7.11 Å². The van der Waals surface area contributed by atoms with E-state index in [2.05, 4.69) is 16.7 Å². The van der Waals surface area contributed by atoms with Crippen molar-refractivity contribution in [1.82, 2.24) is 9.55 Å². The summed E-state index contributed by atoms with van der Waals surface area (Å²) in [7, 11) is 3.71. The second-order valence-electron chi connectivity index (χ2n) is 6.07. The van der Waals surface area contributed by atoms with Gasteiger partial charge in [-0.3, -0.25) is 0 Å². The Morgan fingerprint density at radius 3 is 2.64 bits per heavy atom. The lowest BCUT2D eigenvalue weighted by atomic mass is 9.98. The summed E-state index contributed by atoms with van der Waals surface area (Å²) < 4.78 is 13.2. The highest BCUT2D eigenvalue weighted by Gasteiger charge is 2.19. The third-order valence-corrected chi connectivity index (χ3v) is 4.48. The molecule has 0 spiro atoms. The molecular weight excluding hydrogens is 314 g/mol. The molecule has 3 rings (SSSR count). The Kier molecular flexibility index (Phi) is 5.24. The van der Waals surface area contributed by atoms with Crippen LogP contribution >= 0.6 is 0 Å². The number of ether oxygens (including phenoxy) is 2. The van der Waals surface area contributed by atoms with Crippen LogP contribution in [0.1, 0.15) is 24.2 Å². The van der Waals surface area contributed by atoms with E-state index in [1.807, 2.05) is 44.3 Å². The molecule has 25 heavy (non-hydrogen) atoms. The van der Waals surface area contributed by atoms with Crippen molar-refractivity contribution in [3.8, 4) is 11.5 Å². The largest absolute Gasteiger partial charge is 0.493 e. The van der Waals surface area contributed by atoms with E-state index in [4.69, 9.17) is 20.2 Å². The third kappa shape index (κ3) is 3.46. The van der Waals surface area contributed by atoms with Crippen molar-refractivity contribution in [2.75, 3.05) is 20.3 Å². The van der Waals surface area contributed by atoms with Crippen LogP contribution < -0.4 is 15.2 Å². The summed E-state index contributed by atoms with van der Waals surface area (Å²) in [4.78, 5) is 4.80. The van der Waals surface area contributed by atoms with Gasteiger partial charge in [0.15, 0.2) is 11.5 Å². The van der Waals surface area contributed by atoms with Crippen LogP contribution in [0.3, 0.4) is 0 Å². The maximum atomic E-state index is 6.08. The van der Waals surface area contributed by atoms with E-state index in [1.165, 1.54) is 0 Å². The van der Waals surface area contributed by atoms with E-state index >= 15 is 0 Å². The van der Waals surface area contributed by atoms with Gasteiger partial charge in [-0.25, -0.2) is 4.98 Å². The minimum Gasteiger partial charge on any atom is -0.493 e. The molecule has 132 valence electrons. The molecule has 1 unspecified atom stereocenters. The molecule has 0 aliphatic carbocycles. The number of aryl methyl sites for hydroxylation is 1. The Balaban J connectivity index is 1.90. The highest BCUT2D eigenvalue weighted by atomic mass is 16.5. The number of nitrogens with zero attached hydrogens (tertiary/aromatic N) is 2. The van der Waals surface area contributed by atoms with Gasteiger partial charge in [0.25, 0.3) is 0 Å². The Labute approximate surface area is 148 Å². The minimum absolute atomic E-state index is 0.139. The van der Waals surface area contributed by atoms with E-state index in [0.717, 1.165) is 40.3 Å². The van der Waals surface area contributed by atoms with Crippen molar-refractivity contribution in [1.29, 1.82) is 0 Å². The molecule has 1 heterocycles. The zero-order valence-electron chi connectivity index (χ0n) is 15.0. The van der Waals surface area contributed by atoms with Gasteiger partial charge in [-0.2, -0.15) is 0 Å². The predicted octanol–water partition coefficient (Wildman–Crippen LogP) is 3.27. The van der Waals surface area contributed by atoms with Crippen LogP contribution in [0.2, 0.25) is 0 Å². The van der Waals surface area contributed by atoms with E-state index < -0.39 is 0 Å². The zero-order valence-corrected chi connectivity index (χ0v) is 15.0. The summed E-state index contributed by atoms with van der Waals surface area (Å²) in [5.74, 6) is 2.66. The lowest BCUT2D eigenvalue weighted by Gasteiger charge is -2.16. The molecule has 0 radical (unpaired) electrons. The van der Waals surface area contributed by atoms with Gasteiger partial charge in [0.05, 0.1) is 24.8 Å². The lowest BCUT2D eigenvalue weighted by Crippen LogP contribution is -2.18. The fourth-order valence-corrected chi connectivity index (χ4v) is 3.21. The van der Waals surface area contributed by atoms with E-state index in [9.17, 15) is 0 Å². The Morgan fingerprint density at radius 2 is 1.96 bits per heavy atom. The summed E-state index contributed by atoms with van der Waals surface area (Å²) in [6.45, 7) is 3.11. The molecule has 2 N–H and O–H groups in total. The number of imidazole rings is 1. The molecule has 5 heteroatoms. The molecule has 0 fully saturated rings. The highest BCUT2D eigenvalue weighted by Crippen LogP contribution is 2.30. The molecule has 1 atom stereocenters. The van der Waals surface area contributed by atoms with Crippen molar-refractivity contribution in [3.05, 3.63) is 53.9 Å². The first-order valence-corrected chi connectivity index (χ1v) is 8.59. The second-order valence-corrected chi connectivity index (χ2v) is 6.07. The number of hydrogen-bond acceptors (Lipinski definition) is 4. The van der Waals surface area contributed by atoms with Crippen LogP contribution in [0.25, 0.3) is 11.0 Å². The summed E-state index contributed by atoms with van der Waals surface area (Å²) in [5, 5.41) is 0. The van der Waals surface area contributed by atoms with Crippen LogP contribution in [0.15, 0.2) is 42.5 Å². The molecular formula is C20H25N3O2. The molecule has 2 aromatic carbocycles. The Hall–Kier alpha value is -2.53. The number of nitrogens with two attached hydrogens (primary N) is 1. The molecule has 0 aliphatic heterocycles. The van der Waals surface area contributed by atoms with Gasteiger partial charge in [0, 0.05) is 19.5 Å². The number of aromatic nitrogens is 2. The van der Waals surface area contributed by atoms with Crippen molar-refractivity contribution in [2.24, 2.45) is 12.8 Å². The van der Waals surface area contributed by atoms with Crippen LogP contribution in [0.5, 0.6) is 11.5 Å². The number of benzene rings is 2. The first kappa shape index (κ1) is 17.3. The number of fused-ring (bicyclic) bond motifs is 1. The average Bonchev–Trinajstić information content (AvgIpc) is 2.98. The molecule has 0 amide bonds. The summed E-state index contributed by atoms with van der Waals surface area (Å²) in [6.07, 6.45) is 0.802. The minimum atomic E-state index is 0.139. The smallest absolute Gasteiger partial charge is 0.161 e. The highest BCUT2D eigenvalue weighted by molar-refractivity contribution is 5.75. The van der Waals surface area contributed by atoms with Crippen LogP contribution in [0.4, 0.5) is 0 Å². The first-order chi connectivity index (χ1) is 12.2. The quantitative estimate of drug-likeness (QED) is 0.718. The molecule has 0 bridgehead atoms. The zero-order chi connectivity index (χ0) is 17.8. The predicted molar refractivity (Wildman–Crippen MR) is 100 cm³/mol. The normalized spacial score (nSPS) is 12.3. The molecule has 0 saturated carbocycles. The maximum absolute atomic E-state index is 6.08.